The van der Waals surface area contributed by atoms with Crippen molar-refractivity contribution in [2.24, 2.45) is 5.92 Å². The quantitative estimate of drug-likeness (QED) is 0.330. The van der Waals surface area contributed by atoms with Crippen LogP contribution in [0, 0.1) is 11.7 Å². The van der Waals surface area contributed by atoms with E-state index >= 15 is 4.39 Å². The van der Waals surface area contributed by atoms with Gasteiger partial charge in [-0.1, -0.05) is 34.4 Å². The number of anilines is 1. The Hall–Kier alpha value is -3.03. The number of ether oxygens (including phenoxy) is 2. The summed E-state index contributed by atoms with van der Waals surface area (Å²) >= 11 is 12.9. The average molecular weight is 665 g/mol. The molecule has 7 rings (SSSR count). The summed E-state index contributed by atoms with van der Waals surface area (Å²) in [6.07, 6.45) is 2.95. The molecule has 2 aliphatic carbocycles. The van der Waals surface area contributed by atoms with Crippen LogP contribution in [-0.2, 0) is 30.9 Å². The Bertz CT molecular complexity index is 1740. The van der Waals surface area contributed by atoms with E-state index in [0.29, 0.717) is 39.8 Å². The number of piperidine rings is 1. The van der Waals surface area contributed by atoms with Crippen molar-refractivity contribution >= 4 is 50.7 Å². The molecular formula is C30H28Cl2FN3O7S. The molecule has 2 aromatic carbocycles. The lowest BCUT2D eigenvalue weighted by Crippen LogP contribution is -2.43. The Morgan fingerprint density at radius 1 is 1.14 bits per heavy atom. The number of hydrogen-bond donors (Lipinski definition) is 1. The summed E-state index contributed by atoms with van der Waals surface area (Å²) in [7, 11) is -4.01. The number of hydrogen-bond acceptors (Lipinski definition) is 8. The van der Waals surface area contributed by atoms with Crippen LogP contribution in [-0.4, -0.2) is 56.0 Å². The van der Waals surface area contributed by atoms with E-state index in [2.05, 4.69) is 5.16 Å². The molecule has 2 bridgehead atoms. The molecule has 4 aliphatic rings. The molecule has 14 heteroatoms. The average Bonchev–Trinajstić information content (AvgIpc) is 3.33. The minimum atomic E-state index is -4.01. The van der Waals surface area contributed by atoms with Gasteiger partial charge in [-0.15, -0.1) is 0 Å². The minimum absolute atomic E-state index is 0.0219. The van der Waals surface area contributed by atoms with E-state index < -0.39 is 38.5 Å². The molecule has 44 heavy (non-hydrogen) atoms. The summed E-state index contributed by atoms with van der Waals surface area (Å²) in [5.41, 5.74) is 1.75. The highest BCUT2D eigenvalue weighted by Gasteiger charge is 2.52. The Balaban J connectivity index is 1.04. The Morgan fingerprint density at radius 3 is 2.57 bits per heavy atom. The first-order chi connectivity index (χ1) is 21.1. The van der Waals surface area contributed by atoms with Gasteiger partial charge in [0.1, 0.15) is 22.5 Å². The molecule has 232 valence electrons. The van der Waals surface area contributed by atoms with Gasteiger partial charge in [0.25, 0.3) is 5.91 Å². The van der Waals surface area contributed by atoms with Gasteiger partial charge in [-0.25, -0.2) is 17.5 Å². The lowest BCUT2D eigenvalue weighted by molar-refractivity contribution is -0.126. The van der Waals surface area contributed by atoms with Crippen LogP contribution in [0.25, 0.3) is 11.3 Å². The number of rotatable bonds is 9. The third-order valence-corrected chi connectivity index (χ3v) is 11.2. The Morgan fingerprint density at radius 2 is 1.91 bits per heavy atom. The highest BCUT2D eigenvalue weighted by molar-refractivity contribution is 7.90. The van der Waals surface area contributed by atoms with Crippen molar-refractivity contribution in [1.82, 2.24) is 9.88 Å². The Kier molecular flexibility index (Phi) is 7.69. The number of benzene rings is 2. The first-order valence-electron chi connectivity index (χ1n) is 14.4. The van der Waals surface area contributed by atoms with Crippen LogP contribution in [0.3, 0.4) is 0 Å². The van der Waals surface area contributed by atoms with Crippen LogP contribution in [0.2, 0.25) is 10.0 Å². The van der Waals surface area contributed by atoms with Crippen LogP contribution < -0.4 is 9.62 Å². The summed E-state index contributed by atoms with van der Waals surface area (Å²) in [5.74, 6) is -1.62. The number of fused-ring (bicyclic) bond motifs is 2. The van der Waals surface area contributed by atoms with Crippen molar-refractivity contribution in [3.8, 4) is 11.3 Å². The predicted octanol–water partition coefficient (Wildman–Crippen LogP) is 5.22. The van der Waals surface area contributed by atoms with Gasteiger partial charge in [0, 0.05) is 35.4 Å². The molecule has 0 radical (unpaired) electrons. The molecule has 4 fully saturated rings. The van der Waals surface area contributed by atoms with Crippen LogP contribution in [0.4, 0.5) is 10.1 Å². The van der Waals surface area contributed by atoms with Crippen molar-refractivity contribution < 1.29 is 36.4 Å². The summed E-state index contributed by atoms with van der Waals surface area (Å²) in [4.78, 5) is 27.6. The molecule has 1 unspecified atom stereocenters. The number of halogens is 3. The highest BCUT2D eigenvalue weighted by atomic mass is 35.5. The molecule has 1 N–H and O–H groups in total. The molecule has 3 aromatic rings. The summed E-state index contributed by atoms with van der Waals surface area (Å²) in [6.45, 7) is 0.425. The number of nitrogens with one attached hydrogen (secondary N) is 1. The van der Waals surface area contributed by atoms with E-state index in [1.165, 1.54) is 17.0 Å². The zero-order valence-corrected chi connectivity index (χ0v) is 25.6. The number of amides is 2. The second-order valence-corrected chi connectivity index (χ2v) is 14.4. The summed E-state index contributed by atoms with van der Waals surface area (Å²) in [6, 6.07) is 8.74. The zero-order valence-electron chi connectivity index (χ0n) is 23.3. The van der Waals surface area contributed by atoms with E-state index in [9.17, 15) is 18.0 Å². The number of aromatic nitrogens is 1. The fourth-order valence-corrected chi connectivity index (χ4v) is 8.22. The van der Waals surface area contributed by atoms with Gasteiger partial charge in [0.2, 0.25) is 15.9 Å². The molecule has 4 atom stereocenters. The summed E-state index contributed by atoms with van der Waals surface area (Å²) < 4.78 is 59.1. The molecule has 2 amide bonds. The molecule has 10 nitrogen and oxygen atoms in total. The van der Waals surface area contributed by atoms with Gasteiger partial charge in [-0.05, 0) is 62.4 Å². The van der Waals surface area contributed by atoms with E-state index in [-0.39, 0.29) is 50.2 Å². The maximum Gasteiger partial charge on any atom is 0.267 e. The topological polar surface area (TPSA) is 128 Å². The van der Waals surface area contributed by atoms with Crippen molar-refractivity contribution in [3.63, 3.8) is 0 Å². The lowest BCUT2D eigenvalue weighted by atomic mass is 10.0. The first-order valence-corrected chi connectivity index (χ1v) is 16.7. The second-order valence-electron chi connectivity index (χ2n) is 11.7. The summed E-state index contributed by atoms with van der Waals surface area (Å²) in [5, 5.41) is 4.32. The minimum Gasteiger partial charge on any atom is -0.380 e. The number of nitrogens with zero attached hydrogens (tertiary/aromatic N) is 2. The van der Waals surface area contributed by atoms with Gasteiger partial charge in [-0.3, -0.25) is 9.59 Å². The molecular weight excluding hydrogens is 636 g/mol. The van der Waals surface area contributed by atoms with E-state index in [1.807, 2.05) is 4.72 Å². The van der Waals surface area contributed by atoms with Gasteiger partial charge >= 0.3 is 0 Å². The second kappa shape index (κ2) is 11.4. The first kappa shape index (κ1) is 29.7. The van der Waals surface area contributed by atoms with Gasteiger partial charge < -0.3 is 18.9 Å². The molecule has 0 spiro atoms. The van der Waals surface area contributed by atoms with Crippen molar-refractivity contribution in [2.45, 2.75) is 62.0 Å². The van der Waals surface area contributed by atoms with Gasteiger partial charge in [0.05, 0.1) is 40.8 Å². The van der Waals surface area contributed by atoms with E-state index in [0.717, 1.165) is 30.2 Å². The van der Waals surface area contributed by atoms with E-state index in [4.69, 9.17) is 37.2 Å². The van der Waals surface area contributed by atoms with Crippen molar-refractivity contribution in [3.05, 3.63) is 69.1 Å². The van der Waals surface area contributed by atoms with E-state index in [1.54, 1.807) is 18.2 Å². The third kappa shape index (κ3) is 5.30. The molecule has 3 heterocycles. The smallest absolute Gasteiger partial charge is 0.267 e. The van der Waals surface area contributed by atoms with Crippen LogP contribution in [0.15, 0.2) is 40.9 Å². The SMILES string of the molecule is O=C(NS(=O)(=O)C1CCOC1)c1ccc(N2C(=O)[C@@H]3C[C@H]2C[C@H]3OCc2c(-c3c(Cl)cccc3Cl)noc2C2CC2)cc1F. The molecule has 2 saturated heterocycles. The number of sulfonamides is 1. The maximum absolute atomic E-state index is 15.1. The molecule has 2 saturated carbocycles. The third-order valence-electron chi connectivity index (χ3n) is 8.84. The number of carbonyl (C=O) groups is 2. The normalized spacial score (nSPS) is 24.8. The largest absolute Gasteiger partial charge is 0.380 e. The fourth-order valence-electron chi connectivity index (χ4n) is 6.43. The van der Waals surface area contributed by atoms with Gasteiger partial charge in [0.15, 0.2) is 0 Å². The van der Waals surface area contributed by atoms with Crippen molar-refractivity contribution in [2.75, 3.05) is 18.1 Å². The lowest BCUT2D eigenvalue weighted by Gasteiger charge is -2.31. The zero-order chi connectivity index (χ0) is 30.7. The Labute approximate surface area is 262 Å². The monoisotopic (exact) mass is 663 g/mol. The standard InChI is InChI=1S/C30H28Cl2FN3O7S/c31-22-2-1-3-23(32)26(22)27-21(28(43-34-27)15-4-5-15)14-42-25-12-17-10-20(25)30(38)36(17)16-6-7-19(24(33)11-16)29(37)35-44(39,40)18-8-9-41-13-18/h1-3,6-7,11,15,17-18,20,25H,4-5,8-10,12-14H2,(H,35,37)/t17-,18?,20+,25+/m0/s1. The highest BCUT2D eigenvalue weighted by Crippen LogP contribution is 2.48. The van der Waals surface area contributed by atoms with Gasteiger partial charge in [-0.2, -0.15) is 0 Å². The molecule has 1 aromatic heterocycles. The number of carbonyl (C=O) groups excluding carboxylic acids is 2. The van der Waals surface area contributed by atoms with Crippen LogP contribution in [0.5, 0.6) is 0 Å². The fraction of sp³-hybridized carbons (Fsp3) is 0.433. The predicted molar refractivity (Wildman–Crippen MR) is 159 cm³/mol. The molecule has 2 aliphatic heterocycles. The van der Waals surface area contributed by atoms with Crippen molar-refractivity contribution in [1.29, 1.82) is 0 Å². The maximum atomic E-state index is 15.1. The van der Waals surface area contributed by atoms with Crippen LogP contribution >= 0.6 is 23.2 Å². The van der Waals surface area contributed by atoms with Crippen LogP contribution in [0.1, 0.15) is 59.7 Å².